The molecule has 1 aromatic carbocycles. The predicted molar refractivity (Wildman–Crippen MR) is 69.4 cm³/mol. The zero-order chi connectivity index (χ0) is 13.8. The van der Waals surface area contributed by atoms with Crippen LogP contribution in [0.25, 0.3) is 0 Å². The van der Waals surface area contributed by atoms with Gasteiger partial charge in [0.2, 0.25) is 5.91 Å². The Bertz CT molecular complexity index is 537. The van der Waals surface area contributed by atoms with Crippen molar-refractivity contribution < 1.29 is 18.3 Å². The van der Waals surface area contributed by atoms with Crippen molar-refractivity contribution in [3.05, 3.63) is 18.2 Å². The first-order chi connectivity index (χ1) is 8.42. The number of rotatable bonds is 5. The maximum Gasteiger partial charge on any atom is 0.224 e. The van der Waals surface area contributed by atoms with Gasteiger partial charge in [0.25, 0.3) is 0 Å². The van der Waals surface area contributed by atoms with Crippen molar-refractivity contribution in [2.75, 3.05) is 11.1 Å². The number of phenolic OH excluding ortho intramolecular Hbond substituents is 1. The zero-order valence-electron chi connectivity index (χ0n) is 10.4. The minimum atomic E-state index is -3.49. The quantitative estimate of drug-likeness (QED) is 0.801. The van der Waals surface area contributed by atoms with Crippen LogP contribution in [0.4, 0.5) is 5.69 Å². The van der Waals surface area contributed by atoms with Gasteiger partial charge in [-0.05, 0) is 18.6 Å². The summed E-state index contributed by atoms with van der Waals surface area (Å²) < 4.78 is 23.7. The van der Waals surface area contributed by atoms with Crippen molar-refractivity contribution in [1.82, 2.24) is 0 Å². The molecular formula is C12H17NO4S. The maximum absolute atomic E-state index is 11.9. The number of carbonyl (C=O) groups excluding carboxylic acids is 1. The van der Waals surface area contributed by atoms with Crippen molar-refractivity contribution >= 4 is 21.4 Å². The van der Waals surface area contributed by atoms with Gasteiger partial charge >= 0.3 is 0 Å². The van der Waals surface area contributed by atoms with E-state index < -0.39 is 9.84 Å². The van der Waals surface area contributed by atoms with Gasteiger partial charge in [0, 0.05) is 6.42 Å². The number of carbonyl (C=O) groups is 1. The van der Waals surface area contributed by atoms with Crippen LogP contribution in [0.3, 0.4) is 0 Å². The van der Waals surface area contributed by atoms with E-state index in [0.29, 0.717) is 6.42 Å². The largest absolute Gasteiger partial charge is 0.506 e. The molecule has 1 rings (SSSR count). The Morgan fingerprint density at radius 1 is 1.33 bits per heavy atom. The summed E-state index contributed by atoms with van der Waals surface area (Å²) in [5.74, 6) is -0.645. The molecule has 0 saturated carbocycles. The van der Waals surface area contributed by atoms with E-state index >= 15 is 0 Å². The molecule has 0 aliphatic heterocycles. The lowest BCUT2D eigenvalue weighted by atomic mass is 10.2. The molecule has 0 bridgehead atoms. The molecule has 0 saturated heterocycles. The number of hydrogen-bond acceptors (Lipinski definition) is 4. The summed E-state index contributed by atoms with van der Waals surface area (Å²) in [6, 6.07) is 4.16. The molecule has 0 unspecified atom stereocenters. The molecule has 18 heavy (non-hydrogen) atoms. The van der Waals surface area contributed by atoms with Crippen LogP contribution < -0.4 is 5.32 Å². The minimum Gasteiger partial charge on any atom is -0.506 e. The van der Waals surface area contributed by atoms with Gasteiger partial charge in [0.05, 0.1) is 10.6 Å². The van der Waals surface area contributed by atoms with E-state index in [-0.39, 0.29) is 34.4 Å². The molecule has 0 fully saturated rings. The van der Waals surface area contributed by atoms with Crippen molar-refractivity contribution in [1.29, 1.82) is 0 Å². The third-order valence-electron chi connectivity index (χ3n) is 2.46. The SMILES string of the molecule is CCCC(=O)Nc1c(O)cccc1S(=O)(=O)CC. The average molecular weight is 271 g/mol. The van der Waals surface area contributed by atoms with Crippen LogP contribution in [0.1, 0.15) is 26.7 Å². The minimum absolute atomic E-state index is 0.0298. The summed E-state index contributed by atoms with van der Waals surface area (Å²) in [6.07, 6.45) is 0.926. The molecule has 100 valence electrons. The van der Waals surface area contributed by atoms with Gasteiger partial charge in [0.15, 0.2) is 9.84 Å². The van der Waals surface area contributed by atoms with Crippen LogP contribution in [0.2, 0.25) is 0 Å². The number of sulfone groups is 1. The van der Waals surface area contributed by atoms with Gasteiger partial charge in [-0.2, -0.15) is 0 Å². The topological polar surface area (TPSA) is 83.5 Å². The molecule has 0 radical (unpaired) electrons. The second-order valence-corrected chi connectivity index (χ2v) is 6.10. The number of benzene rings is 1. The molecule has 1 amide bonds. The molecular weight excluding hydrogens is 254 g/mol. The highest BCUT2D eigenvalue weighted by molar-refractivity contribution is 7.91. The number of anilines is 1. The lowest BCUT2D eigenvalue weighted by molar-refractivity contribution is -0.116. The number of para-hydroxylation sites is 1. The molecule has 0 aliphatic rings. The first-order valence-electron chi connectivity index (χ1n) is 5.77. The van der Waals surface area contributed by atoms with Crippen LogP contribution in [-0.4, -0.2) is 25.2 Å². The molecule has 1 aromatic rings. The summed E-state index contributed by atoms with van der Waals surface area (Å²) in [5, 5.41) is 12.1. The number of hydrogen-bond donors (Lipinski definition) is 2. The van der Waals surface area contributed by atoms with Gasteiger partial charge in [-0.1, -0.05) is 19.9 Å². The number of nitrogens with one attached hydrogen (secondary N) is 1. The first-order valence-corrected chi connectivity index (χ1v) is 7.42. The third kappa shape index (κ3) is 3.22. The molecule has 0 aromatic heterocycles. The normalized spacial score (nSPS) is 11.2. The smallest absolute Gasteiger partial charge is 0.224 e. The number of aromatic hydroxyl groups is 1. The Kier molecular flexibility index (Phi) is 4.72. The fourth-order valence-corrected chi connectivity index (χ4v) is 2.55. The van der Waals surface area contributed by atoms with Crippen molar-refractivity contribution in [2.45, 2.75) is 31.6 Å². The predicted octanol–water partition coefficient (Wildman–Crippen LogP) is 1.92. The third-order valence-corrected chi connectivity index (χ3v) is 4.23. The van der Waals surface area contributed by atoms with E-state index in [9.17, 15) is 18.3 Å². The van der Waals surface area contributed by atoms with Gasteiger partial charge in [-0.15, -0.1) is 0 Å². The van der Waals surface area contributed by atoms with E-state index in [1.165, 1.54) is 25.1 Å². The van der Waals surface area contributed by atoms with Crippen molar-refractivity contribution in [3.63, 3.8) is 0 Å². The van der Waals surface area contributed by atoms with Gasteiger partial charge in [-0.3, -0.25) is 4.79 Å². The Labute approximate surface area is 107 Å². The number of amides is 1. The van der Waals surface area contributed by atoms with Crippen molar-refractivity contribution in [3.8, 4) is 5.75 Å². The first kappa shape index (κ1) is 14.5. The molecule has 0 aliphatic carbocycles. The fourth-order valence-electron chi connectivity index (χ4n) is 1.49. The molecule has 0 heterocycles. The Morgan fingerprint density at radius 2 is 2.00 bits per heavy atom. The summed E-state index contributed by atoms with van der Waals surface area (Å²) in [5.41, 5.74) is -0.0298. The lowest BCUT2D eigenvalue weighted by Gasteiger charge is -2.12. The van der Waals surface area contributed by atoms with Gasteiger partial charge in [-0.25, -0.2) is 8.42 Å². The highest BCUT2D eigenvalue weighted by Gasteiger charge is 2.20. The Morgan fingerprint density at radius 3 is 2.56 bits per heavy atom. The molecule has 0 atom stereocenters. The van der Waals surface area contributed by atoms with Crippen molar-refractivity contribution in [2.24, 2.45) is 0 Å². The van der Waals surface area contributed by atoms with E-state index in [1.54, 1.807) is 0 Å². The van der Waals surface area contributed by atoms with Crippen LogP contribution >= 0.6 is 0 Å². The summed E-state index contributed by atoms with van der Waals surface area (Å²) in [4.78, 5) is 11.5. The monoisotopic (exact) mass is 271 g/mol. The van der Waals surface area contributed by atoms with Crippen LogP contribution in [0.15, 0.2) is 23.1 Å². The second-order valence-electron chi connectivity index (χ2n) is 3.85. The van der Waals surface area contributed by atoms with E-state index in [0.717, 1.165) is 0 Å². The standard InChI is InChI=1S/C12H17NO4S/c1-3-6-11(15)13-12-9(14)7-5-8-10(12)18(16,17)4-2/h5,7-8,14H,3-4,6H2,1-2H3,(H,13,15). The van der Waals surface area contributed by atoms with Gasteiger partial charge in [0.1, 0.15) is 11.4 Å². The van der Waals surface area contributed by atoms with E-state index in [4.69, 9.17) is 0 Å². The highest BCUT2D eigenvalue weighted by atomic mass is 32.2. The lowest BCUT2D eigenvalue weighted by Crippen LogP contribution is -2.15. The van der Waals surface area contributed by atoms with Crippen LogP contribution in [0.5, 0.6) is 5.75 Å². The summed E-state index contributed by atoms with van der Waals surface area (Å²) in [7, 11) is -3.49. The van der Waals surface area contributed by atoms with E-state index in [1.807, 2.05) is 6.92 Å². The van der Waals surface area contributed by atoms with E-state index in [2.05, 4.69) is 5.32 Å². The molecule has 2 N–H and O–H groups in total. The van der Waals surface area contributed by atoms with Crippen LogP contribution in [-0.2, 0) is 14.6 Å². The van der Waals surface area contributed by atoms with Gasteiger partial charge < -0.3 is 10.4 Å². The summed E-state index contributed by atoms with van der Waals surface area (Å²) >= 11 is 0. The Balaban J connectivity index is 3.21. The molecule has 5 nitrogen and oxygen atoms in total. The fraction of sp³-hybridized carbons (Fsp3) is 0.417. The summed E-state index contributed by atoms with van der Waals surface area (Å²) in [6.45, 7) is 3.35. The average Bonchev–Trinajstić information content (AvgIpc) is 2.32. The molecule has 6 heteroatoms. The second kappa shape index (κ2) is 5.86. The van der Waals surface area contributed by atoms with Crippen LogP contribution in [0, 0.1) is 0 Å². The molecule has 0 spiro atoms. The highest BCUT2D eigenvalue weighted by Crippen LogP contribution is 2.31. The number of phenols is 1. The Hall–Kier alpha value is -1.56. The maximum atomic E-state index is 11.9. The zero-order valence-corrected chi connectivity index (χ0v) is 11.3.